The maximum Gasteiger partial charge on any atom is 0.292 e. The summed E-state index contributed by atoms with van der Waals surface area (Å²) in [6.45, 7) is 1.91. The summed E-state index contributed by atoms with van der Waals surface area (Å²) in [6.07, 6.45) is 0.386. The number of para-hydroxylation sites is 3. The third kappa shape index (κ3) is 6.10. The summed E-state index contributed by atoms with van der Waals surface area (Å²) in [4.78, 5) is 23.8. The number of hydrogen-bond donors (Lipinski definition) is 3. The molecule has 0 saturated heterocycles. The summed E-state index contributed by atoms with van der Waals surface area (Å²) < 4.78 is 0. The first-order chi connectivity index (χ1) is 14.9. The van der Waals surface area contributed by atoms with Gasteiger partial charge in [-0.25, -0.2) is 0 Å². The van der Waals surface area contributed by atoms with E-state index >= 15 is 0 Å². The SMILES string of the molecule is Cc1ccccc1NC(=O)C(Cc1ccccc1)NC(=S)Nc1ccccc1[N+](=O)[O-]. The van der Waals surface area contributed by atoms with Gasteiger partial charge in [0.15, 0.2) is 5.11 Å². The van der Waals surface area contributed by atoms with Gasteiger partial charge < -0.3 is 16.0 Å². The number of carbonyl (C=O) groups excluding carboxylic acids is 1. The highest BCUT2D eigenvalue weighted by atomic mass is 32.1. The van der Waals surface area contributed by atoms with Gasteiger partial charge in [-0.2, -0.15) is 0 Å². The number of anilines is 2. The summed E-state index contributed by atoms with van der Waals surface area (Å²) in [5, 5.41) is 20.1. The quantitative estimate of drug-likeness (QED) is 0.289. The fourth-order valence-corrected chi connectivity index (χ4v) is 3.30. The predicted molar refractivity (Wildman–Crippen MR) is 126 cm³/mol. The minimum atomic E-state index is -0.690. The van der Waals surface area contributed by atoms with E-state index in [4.69, 9.17) is 12.2 Å². The summed E-state index contributed by atoms with van der Waals surface area (Å²) in [5.41, 5.74) is 2.76. The molecule has 158 valence electrons. The van der Waals surface area contributed by atoms with Crippen molar-refractivity contribution in [2.24, 2.45) is 0 Å². The Morgan fingerprint density at radius 3 is 2.23 bits per heavy atom. The zero-order valence-electron chi connectivity index (χ0n) is 16.9. The Morgan fingerprint density at radius 1 is 0.935 bits per heavy atom. The predicted octanol–water partition coefficient (Wildman–Crippen LogP) is 4.44. The van der Waals surface area contributed by atoms with Gasteiger partial charge >= 0.3 is 0 Å². The molecule has 0 aliphatic heterocycles. The zero-order valence-corrected chi connectivity index (χ0v) is 17.7. The van der Waals surface area contributed by atoms with Gasteiger partial charge in [-0.05, 0) is 42.4 Å². The Balaban J connectivity index is 1.77. The van der Waals surface area contributed by atoms with Crippen molar-refractivity contribution in [3.8, 4) is 0 Å². The van der Waals surface area contributed by atoms with Crippen LogP contribution in [0.25, 0.3) is 0 Å². The van der Waals surface area contributed by atoms with Crippen LogP contribution in [-0.4, -0.2) is 22.0 Å². The number of nitro groups is 1. The molecule has 0 aliphatic rings. The number of aryl methyl sites for hydroxylation is 1. The van der Waals surface area contributed by atoms with E-state index in [0.717, 1.165) is 11.1 Å². The van der Waals surface area contributed by atoms with Crippen molar-refractivity contribution in [2.45, 2.75) is 19.4 Å². The molecule has 0 radical (unpaired) electrons. The van der Waals surface area contributed by atoms with Crippen LogP contribution in [0.3, 0.4) is 0 Å². The molecule has 7 nitrogen and oxygen atoms in total. The van der Waals surface area contributed by atoms with E-state index in [9.17, 15) is 14.9 Å². The molecule has 3 rings (SSSR count). The Kier molecular flexibility index (Phi) is 7.29. The van der Waals surface area contributed by atoms with Gasteiger partial charge in [0, 0.05) is 18.2 Å². The maximum absolute atomic E-state index is 13.1. The van der Waals surface area contributed by atoms with Crippen molar-refractivity contribution in [3.05, 3.63) is 100 Å². The smallest absolute Gasteiger partial charge is 0.292 e. The Hall–Kier alpha value is -3.78. The van der Waals surface area contributed by atoms with Crippen molar-refractivity contribution in [3.63, 3.8) is 0 Å². The van der Waals surface area contributed by atoms with Crippen LogP contribution in [0.15, 0.2) is 78.9 Å². The molecule has 1 unspecified atom stereocenters. The van der Waals surface area contributed by atoms with Gasteiger partial charge in [0.2, 0.25) is 5.91 Å². The number of nitro benzene ring substituents is 1. The first-order valence-corrected chi connectivity index (χ1v) is 10.1. The number of hydrogen-bond acceptors (Lipinski definition) is 4. The average molecular weight is 435 g/mol. The molecule has 0 aliphatic carbocycles. The number of rotatable bonds is 7. The highest BCUT2D eigenvalue weighted by molar-refractivity contribution is 7.80. The summed E-state index contributed by atoms with van der Waals surface area (Å²) in [5.74, 6) is -0.259. The van der Waals surface area contributed by atoms with Gasteiger partial charge in [-0.1, -0.05) is 60.7 Å². The monoisotopic (exact) mass is 434 g/mol. The molecule has 0 bridgehead atoms. The van der Waals surface area contributed by atoms with Crippen LogP contribution in [0.4, 0.5) is 17.1 Å². The second kappa shape index (κ2) is 10.3. The number of nitrogens with one attached hydrogen (secondary N) is 3. The second-order valence-corrected chi connectivity index (χ2v) is 7.33. The summed E-state index contributed by atoms with van der Waals surface area (Å²) >= 11 is 5.36. The molecule has 0 fully saturated rings. The highest BCUT2D eigenvalue weighted by Gasteiger charge is 2.22. The number of thiocarbonyl (C=S) groups is 1. The molecule has 0 aromatic heterocycles. The van der Waals surface area contributed by atoms with E-state index < -0.39 is 11.0 Å². The van der Waals surface area contributed by atoms with Crippen molar-refractivity contribution >= 4 is 40.3 Å². The Labute approximate surface area is 185 Å². The largest absolute Gasteiger partial charge is 0.350 e. The lowest BCUT2D eigenvalue weighted by Gasteiger charge is -2.21. The number of amides is 1. The molecular weight excluding hydrogens is 412 g/mol. The summed E-state index contributed by atoms with van der Waals surface area (Å²) in [6, 6.07) is 22.5. The minimum Gasteiger partial charge on any atom is -0.350 e. The molecule has 3 N–H and O–H groups in total. The average Bonchev–Trinajstić information content (AvgIpc) is 2.76. The normalized spacial score (nSPS) is 11.3. The maximum atomic E-state index is 13.1. The number of nitrogens with zero attached hydrogens (tertiary/aromatic N) is 1. The van der Waals surface area contributed by atoms with Crippen LogP contribution >= 0.6 is 12.2 Å². The van der Waals surface area contributed by atoms with Crippen LogP contribution in [-0.2, 0) is 11.2 Å². The van der Waals surface area contributed by atoms with E-state index in [0.29, 0.717) is 12.1 Å². The molecular formula is C23H22N4O3S. The van der Waals surface area contributed by atoms with Gasteiger partial charge in [-0.3, -0.25) is 14.9 Å². The van der Waals surface area contributed by atoms with Gasteiger partial charge in [0.1, 0.15) is 11.7 Å². The third-order valence-electron chi connectivity index (χ3n) is 4.66. The van der Waals surface area contributed by atoms with Gasteiger partial charge in [0.05, 0.1) is 4.92 Å². The van der Waals surface area contributed by atoms with Crippen molar-refractivity contribution < 1.29 is 9.72 Å². The first-order valence-electron chi connectivity index (χ1n) is 9.65. The number of benzene rings is 3. The van der Waals surface area contributed by atoms with Crippen LogP contribution in [0.5, 0.6) is 0 Å². The topological polar surface area (TPSA) is 96.3 Å². The van der Waals surface area contributed by atoms with Crippen molar-refractivity contribution in [1.29, 1.82) is 0 Å². The van der Waals surface area contributed by atoms with E-state index in [1.807, 2.05) is 61.5 Å². The van der Waals surface area contributed by atoms with E-state index in [2.05, 4.69) is 16.0 Å². The highest BCUT2D eigenvalue weighted by Crippen LogP contribution is 2.23. The fourth-order valence-electron chi connectivity index (χ4n) is 3.05. The van der Waals surface area contributed by atoms with Gasteiger partial charge in [0.25, 0.3) is 5.69 Å². The number of carbonyl (C=O) groups is 1. The molecule has 8 heteroatoms. The molecule has 3 aromatic carbocycles. The van der Waals surface area contributed by atoms with Crippen molar-refractivity contribution in [1.82, 2.24) is 5.32 Å². The van der Waals surface area contributed by atoms with Gasteiger partial charge in [-0.15, -0.1) is 0 Å². The lowest BCUT2D eigenvalue weighted by molar-refractivity contribution is -0.383. The molecule has 0 heterocycles. The van der Waals surface area contributed by atoms with E-state index in [1.54, 1.807) is 18.2 Å². The second-order valence-electron chi connectivity index (χ2n) is 6.92. The minimum absolute atomic E-state index is 0.101. The Morgan fingerprint density at radius 2 is 1.55 bits per heavy atom. The zero-order chi connectivity index (χ0) is 22.2. The molecule has 0 saturated carbocycles. The molecule has 3 aromatic rings. The third-order valence-corrected chi connectivity index (χ3v) is 4.88. The lowest BCUT2D eigenvalue weighted by Crippen LogP contribution is -2.46. The lowest BCUT2D eigenvalue weighted by atomic mass is 10.0. The first kappa shape index (κ1) is 21.9. The van der Waals surface area contributed by atoms with E-state index in [-0.39, 0.29) is 22.4 Å². The molecule has 0 spiro atoms. The molecule has 31 heavy (non-hydrogen) atoms. The van der Waals surface area contributed by atoms with Crippen LogP contribution < -0.4 is 16.0 Å². The standard InChI is InChI=1S/C23H22N4O3S/c1-16-9-5-6-12-18(16)24-22(28)20(15-17-10-3-2-4-11-17)26-23(31)25-19-13-7-8-14-21(19)27(29)30/h2-14,20H,15H2,1H3,(H,24,28)(H2,25,26,31). The fraction of sp³-hybridized carbons (Fsp3) is 0.130. The summed E-state index contributed by atoms with van der Waals surface area (Å²) in [7, 11) is 0. The van der Waals surface area contributed by atoms with Crippen LogP contribution in [0.1, 0.15) is 11.1 Å². The van der Waals surface area contributed by atoms with E-state index in [1.165, 1.54) is 6.07 Å². The molecule has 1 atom stereocenters. The molecule has 1 amide bonds. The van der Waals surface area contributed by atoms with Crippen LogP contribution in [0.2, 0.25) is 0 Å². The van der Waals surface area contributed by atoms with Crippen molar-refractivity contribution in [2.75, 3.05) is 10.6 Å². The Bertz CT molecular complexity index is 1090. The van der Waals surface area contributed by atoms with Crippen LogP contribution in [0, 0.1) is 17.0 Å².